The van der Waals surface area contributed by atoms with Gasteiger partial charge in [0, 0.05) is 40.8 Å². The van der Waals surface area contributed by atoms with Crippen LogP contribution in [0.1, 0.15) is 79.7 Å². The van der Waals surface area contributed by atoms with E-state index < -0.39 is 47.6 Å². The highest BCUT2D eigenvalue weighted by Gasteiger charge is 2.43. The lowest BCUT2D eigenvalue weighted by Gasteiger charge is -2.41. The van der Waals surface area contributed by atoms with E-state index in [9.17, 15) is 24.0 Å². The van der Waals surface area contributed by atoms with E-state index in [0.717, 1.165) is 18.4 Å². The Morgan fingerprint density at radius 1 is 0.944 bits per heavy atom. The lowest BCUT2D eigenvalue weighted by Crippen LogP contribution is -2.59. The van der Waals surface area contributed by atoms with E-state index in [2.05, 4.69) is 10.6 Å². The number of ether oxygens (including phenoxy) is 3. The maximum Gasteiger partial charge on any atom is 0.328 e. The number of hydrogen-bond donors (Lipinski definition) is 2. The van der Waals surface area contributed by atoms with Gasteiger partial charge in [-0.25, -0.2) is 4.79 Å². The summed E-state index contributed by atoms with van der Waals surface area (Å²) in [5.41, 5.74) is 0.156. The van der Waals surface area contributed by atoms with Crippen LogP contribution in [0.15, 0.2) is 30.3 Å². The van der Waals surface area contributed by atoms with Gasteiger partial charge in [-0.15, -0.1) is 0 Å². The first-order valence-corrected chi connectivity index (χ1v) is 19.3. The third-order valence-corrected chi connectivity index (χ3v) is 10.9. The van der Waals surface area contributed by atoms with Crippen molar-refractivity contribution in [3.8, 4) is 0 Å². The van der Waals surface area contributed by atoms with Gasteiger partial charge in [-0.05, 0) is 58.2 Å². The first kappa shape index (κ1) is 46.6. The number of carbonyl (C=O) groups excluding carboxylic acids is 5. The number of nitrogens with zero attached hydrogens (tertiary/aromatic N) is 3. The van der Waals surface area contributed by atoms with Crippen molar-refractivity contribution >= 4 is 29.6 Å². The molecule has 0 aromatic heterocycles. The van der Waals surface area contributed by atoms with Crippen LogP contribution in [-0.4, -0.2) is 136 Å². The second-order valence-corrected chi connectivity index (χ2v) is 16.2. The molecule has 306 valence electrons. The fraction of sp³-hybridized carbons (Fsp3) is 0.732. The molecule has 1 fully saturated rings. The van der Waals surface area contributed by atoms with E-state index in [1.54, 1.807) is 30.9 Å². The largest absolute Gasteiger partial charge is 0.467 e. The fourth-order valence-corrected chi connectivity index (χ4v) is 7.73. The lowest BCUT2D eigenvalue weighted by atomic mass is 9.88. The molecule has 1 aliphatic rings. The molecule has 0 saturated carbocycles. The molecule has 0 bridgehead atoms. The van der Waals surface area contributed by atoms with Gasteiger partial charge in [-0.2, -0.15) is 0 Å². The van der Waals surface area contributed by atoms with Crippen LogP contribution in [0, 0.1) is 23.2 Å². The molecule has 1 aromatic carbocycles. The molecule has 0 radical (unpaired) electrons. The number of rotatable bonds is 21. The third kappa shape index (κ3) is 12.5. The van der Waals surface area contributed by atoms with Gasteiger partial charge >= 0.3 is 5.97 Å². The lowest BCUT2D eigenvalue weighted by molar-refractivity contribution is -0.149. The summed E-state index contributed by atoms with van der Waals surface area (Å²) in [7, 11) is 9.91. The van der Waals surface area contributed by atoms with Crippen LogP contribution < -0.4 is 10.6 Å². The van der Waals surface area contributed by atoms with Crippen LogP contribution in [0.4, 0.5) is 0 Å². The van der Waals surface area contributed by atoms with Gasteiger partial charge in [-0.1, -0.05) is 71.4 Å². The summed E-state index contributed by atoms with van der Waals surface area (Å²) in [5.74, 6) is -2.45. The number of likely N-dealkylation sites (N-methyl/N-ethyl adjacent to an activating group) is 1. The Hall–Kier alpha value is -3.55. The van der Waals surface area contributed by atoms with Gasteiger partial charge < -0.3 is 39.5 Å². The first-order valence-electron chi connectivity index (χ1n) is 19.3. The number of likely N-dealkylation sites (tertiary alicyclic amines) is 1. The van der Waals surface area contributed by atoms with Crippen molar-refractivity contribution < 1.29 is 38.2 Å². The molecule has 1 heterocycles. The second kappa shape index (κ2) is 21.5. The molecule has 1 saturated heterocycles. The van der Waals surface area contributed by atoms with Crippen molar-refractivity contribution in [2.24, 2.45) is 23.2 Å². The minimum absolute atomic E-state index is 0.00665. The molecule has 8 unspecified atom stereocenters. The third-order valence-electron chi connectivity index (χ3n) is 10.9. The summed E-state index contributed by atoms with van der Waals surface area (Å²) in [4.78, 5) is 73.5. The Labute approximate surface area is 324 Å². The predicted octanol–water partition coefficient (Wildman–Crippen LogP) is 3.54. The normalized spacial score (nSPS) is 18.6. The molecule has 0 aliphatic carbocycles. The van der Waals surface area contributed by atoms with Crippen molar-refractivity contribution in [2.75, 3.05) is 55.6 Å². The van der Waals surface area contributed by atoms with E-state index in [4.69, 9.17) is 14.2 Å². The topological polar surface area (TPSA) is 147 Å². The zero-order valence-electron chi connectivity index (χ0n) is 35.1. The maximum atomic E-state index is 14.2. The molecule has 4 amide bonds. The number of carbonyl (C=O) groups is 5. The minimum Gasteiger partial charge on any atom is -0.467 e. The Bertz CT molecular complexity index is 1370. The van der Waals surface area contributed by atoms with Gasteiger partial charge in [0.05, 0.1) is 49.2 Å². The highest BCUT2D eigenvalue weighted by Crippen LogP contribution is 2.30. The number of amides is 4. The van der Waals surface area contributed by atoms with E-state index in [1.165, 1.54) is 14.2 Å². The van der Waals surface area contributed by atoms with Crippen molar-refractivity contribution in [2.45, 2.75) is 117 Å². The molecule has 2 N–H and O–H groups in total. The Balaban J connectivity index is 2.28. The monoisotopic (exact) mass is 760 g/mol. The molecule has 1 aliphatic heterocycles. The minimum atomic E-state index is -0.890. The average Bonchev–Trinajstić information content (AvgIpc) is 3.61. The summed E-state index contributed by atoms with van der Waals surface area (Å²) in [6, 6.07) is 6.87. The smallest absolute Gasteiger partial charge is 0.328 e. The quantitative estimate of drug-likeness (QED) is 0.180. The Kier molecular flexibility index (Phi) is 18.6. The van der Waals surface area contributed by atoms with Crippen LogP contribution >= 0.6 is 0 Å². The molecular formula is C41H69N5O8. The molecule has 13 nitrogen and oxygen atoms in total. The molecule has 13 heteroatoms. The summed E-state index contributed by atoms with van der Waals surface area (Å²) in [6.45, 7) is 14.4. The van der Waals surface area contributed by atoms with Crippen molar-refractivity contribution in [3.05, 3.63) is 35.9 Å². The zero-order valence-corrected chi connectivity index (χ0v) is 35.1. The molecule has 2 rings (SSSR count). The predicted molar refractivity (Wildman–Crippen MR) is 209 cm³/mol. The van der Waals surface area contributed by atoms with Crippen LogP contribution in [-0.2, 0) is 44.6 Å². The first-order chi connectivity index (χ1) is 25.3. The van der Waals surface area contributed by atoms with E-state index in [1.807, 2.05) is 90.9 Å². The maximum absolute atomic E-state index is 14.2. The summed E-state index contributed by atoms with van der Waals surface area (Å²) >= 11 is 0. The molecule has 0 spiro atoms. The second-order valence-electron chi connectivity index (χ2n) is 16.2. The SMILES string of the molecule is CCC(C)C(C(CC(=O)N1CCCC1C(OC)C(C)C(=O)NC(Cc1ccccc1)C(=O)OC)OC)N(C)C(=O)C(NC(=O)C(C)(C)CN(C)C)C(C)C. The van der Waals surface area contributed by atoms with Gasteiger partial charge in [0.2, 0.25) is 23.6 Å². The van der Waals surface area contributed by atoms with Crippen LogP contribution in [0.25, 0.3) is 0 Å². The number of hydrogen-bond acceptors (Lipinski definition) is 9. The van der Waals surface area contributed by atoms with Gasteiger partial charge in [0.25, 0.3) is 0 Å². The number of methoxy groups -OCH3 is 3. The van der Waals surface area contributed by atoms with E-state index in [0.29, 0.717) is 19.5 Å². The van der Waals surface area contributed by atoms with Gasteiger partial charge in [0.15, 0.2) is 0 Å². The standard InChI is InChI=1S/C41H69N5O8/c1-14-27(4)35(45(10)38(49)34(26(2)3)43-40(51)41(6,7)25-44(8)9)32(52-11)24-33(47)46-22-18-21-31(46)36(53-12)28(5)37(48)42-30(39(50)54-13)23-29-19-16-15-17-20-29/h15-17,19-20,26-28,30-32,34-36H,14,18,21-25H2,1-13H3,(H,42,48)(H,43,51). The van der Waals surface area contributed by atoms with E-state index >= 15 is 0 Å². The van der Waals surface area contributed by atoms with Crippen molar-refractivity contribution in [3.63, 3.8) is 0 Å². The number of esters is 1. The Morgan fingerprint density at radius 2 is 1.57 bits per heavy atom. The average molecular weight is 760 g/mol. The number of nitrogens with one attached hydrogen (secondary N) is 2. The summed E-state index contributed by atoms with van der Waals surface area (Å²) in [5, 5.41) is 5.89. The summed E-state index contributed by atoms with van der Waals surface area (Å²) in [6.07, 6.45) is 1.08. The highest BCUT2D eigenvalue weighted by atomic mass is 16.5. The zero-order chi connectivity index (χ0) is 40.9. The fourth-order valence-electron chi connectivity index (χ4n) is 7.73. The van der Waals surface area contributed by atoms with Gasteiger partial charge in [-0.3, -0.25) is 19.2 Å². The van der Waals surface area contributed by atoms with Crippen LogP contribution in [0.3, 0.4) is 0 Å². The highest BCUT2D eigenvalue weighted by molar-refractivity contribution is 5.90. The molecule has 1 aromatic rings. The van der Waals surface area contributed by atoms with Crippen LogP contribution in [0.5, 0.6) is 0 Å². The number of benzene rings is 1. The van der Waals surface area contributed by atoms with E-state index in [-0.39, 0.29) is 54.3 Å². The van der Waals surface area contributed by atoms with Crippen LogP contribution in [0.2, 0.25) is 0 Å². The Morgan fingerprint density at radius 3 is 2.09 bits per heavy atom. The summed E-state index contributed by atoms with van der Waals surface area (Å²) < 4.78 is 16.9. The van der Waals surface area contributed by atoms with Crippen molar-refractivity contribution in [1.82, 2.24) is 25.3 Å². The van der Waals surface area contributed by atoms with Crippen molar-refractivity contribution in [1.29, 1.82) is 0 Å². The molecule has 8 atom stereocenters. The molecule has 54 heavy (non-hydrogen) atoms. The molecular weight excluding hydrogens is 690 g/mol. The van der Waals surface area contributed by atoms with Gasteiger partial charge in [0.1, 0.15) is 12.1 Å².